The lowest BCUT2D eigenvalue weighted by molar-refractivity contribution is -0.333. The SMILES string of the molecule is O=C(OC(=O)[C@H](O)[C@@H](O)[C@H](O)[C@H](O)CO[C@H]1O[C@H](CO[C@H]2O[C@H](CO)[C@@H](O)[C@H](O)[C@H]2O)[C@@H](O)[C@H](O)[C@H]1O)c1ccc(Br)cc1. The summed E-state index contributed by atoms with van der Waals surface area (Å²) in [7, 11) is 0. The van der Waals surface area contributed by atoms with Gasteiger partial charge in [0.2, 0.25) is 0 Å². The predicted octanol–water partition coefficient (Wildman–Crippen LogP) is -5.78. The molecule has 0 radical (unpaired) electrons. The first kappa shape index (κ1) is 36.7. The topological polar surface area (TPSA) is 303 Å². The van der Waals surface area contributed by atoms with Crippen LogP contribution in [0.15, 0.2) is 28.7 Å². The number of esters is 2. The minimum Gasteiger partial charge on any atom is -0.394 e. The first-order valence-corrected chi connectivity index (χ1v) is 13.9. The van der Waals surface area contributed by atoms with Crippen molar-refractivity contribution in [2.24, 2.45) is 0 Å². The summed E-state index contributed by atoms with van der Waals surface area (Å²) in [5.41, 5.74) is -0.0625. The maximum absolute atomic E-state index is 12.1. The van der Waals surface area contributed by atoms with E-state index in [-0.39, 0.29) is 5.56 Å². The Morgan fingerprint density at radius 2 is 1.27 bits per heavy atom. The van der Waals surface area contributed by atoms with Gasteiger partial charge in [0.15, 0.2) is 18.7 Å². The molecule has 0 aromatic heterocycles. The van der Waals surface area contributed by atoms with Crippen LogP contribution in [0, 0.1) is 0 Å². The summed E-state index contributed by atoms with van der Waals surface area (Å²) in [6.45, 7) is -2.34. The Balaban J connectivity index is 1.53. The predicted molar refractivity (Wildman–Crippen MR) is 141 cm³/mol. The smallest absolute Gasteiger partial charge is 0.345 e. The van der Waals surface area contributed by atoms with E-state index in [1.54, 1.807) is 0 Å². The van der Waals surface area contributed by atoms with E-state index in [4.69, 9.17) is 18.9 Å². The highest BCUT2D eigenvalue weighted by Gasteiger charge is 2.48. The van der Waals surface area contributed by atoms with Crippen molar-refractivity contribution in [1.82, 2.24) is 0 Å². The largest absolute Gasteiger partial charge is 0.394 e. The molecule has 0 bridgehead atoms. The second-order valence-electron chi connectivity index (χ2n) is 10.1. The number of carbonyl (C=O) groups is 2. The van der Waals surface area contributed by atoms with Crippen LogP contribution in [0.4, 0.5) is 0 Å². The van der Waals surface area contributed by atoms with Gasteiger partial charge in [-0.3, -0.25) is 0 Å². The monoisotopic (exact) mass is 702 g/mol. The van der Waals surface area contributed by atoms with Crippen molar-refractivity contribution >= 4 is 27.9 Å². The number of ether oxygens (including phenoxy) is 5. The highest BCUT2D eigenvalue weighted by atomic mass is 79.9. The van der Waals surface area contributed by atoms with Crippen molar-refractivity contribution in [1.29, 1.82) is 0 Å². The summed E-state index contributed by atoms with van der Waals surface area (Å²) >= 11 is 3.16. The lowest BCUT2D eigenvalue weighted by Gasteiger charge is -2.42. The second-order valence-corrected chi connectivity index (χ2v) is 11.0. The molecule has 2 aliphatic rings. The number of hydrogen-bond donors (Lipinski definition) is 11. The standard InChI is InChI=1S/C25H35BrO18/c26-9-3-1-8(2-4-9)22(38)44-23(39)19(35)16(32)13(29)10(28)6-40-24-21(37)18(34)15(31)12(43-24)7-41-25-20(36)17(33)14(30)11(5-27)42-25/h1-4,10-21,24-25,27-37H,5-7H2/t10-,11-,12-,13-,14-,15-,16+,17+,18+,19-,20-,21-,24+,25+/m1/s1. The van der Waals surface area contributed by atoms with Crippen LogP contribution in [0.5, 0.6) is 0 Å². The summed E-state index contributed by atoms with van der Waals surface area (Å²) in [5, 5.41) is 111. The van der Waals surface area contributed by atoms with Gasteiger partial charge in [-0.1, -0.05) is 15.9 Å². The Labute approximate surface area is 257 Å². The molecule has 1 aromatic rings. The van der Waals surface area contributed by atoms with E-state index in [1.165, 1.54) is 24.3 Å². The molecule has 2 fully saturated rings. The number of carbonyl (C=O) groups excluding carboxylic acids is 2. The van der Waals surface area contributed by atoms with Crippen LogP contribution in [0.1, 0.15) is 10.4 Å². The Bertz CT molecular complexity index is 1080. The van der Waals surface area contributed by atoms with E-state index in [0.717, 1.165) is 0 Å². The molecule has 1 aromatic carbocycles. The quantitative estimate of drug-likeness (QED) is 0.0714. The zero-order valence-corrected chi connectivity index (χ0v) is 24.3. The van der Waals surface area contributed by atoms with Crippen LogP contribution < -0.4 is 0 Å². The third-order valence-electron chi connectivity index (χ3n) is 6.96. The molecule has 14 atom stereocenters. The first-order chi connectivity index (χ1) is 20.7. The van der Waals surface area contributed by atoms with Crippen molar-refractivity contribution in [2.45, 2.75) is 85.8 Å². The van der Waals surface area contributed by atoms with Crippen molar-refractivity contribution in [3.8, 4) is 0 Å². The lowest BCUT2D eigenvalue weighted by Crippen LogP contribution is -2.62. The summed E-state index contributed by atoms with van der Waals surface area (Å²) < 4.78 is 26.1. The van der Waals surface area contributed by atoms with Crippen LogP contribution in [-0.2, 0) is 28.5 Å². The Morgan fingerprint density at radius 1 is 0.750 bits per heavy atom. The fraction of sp³-hybridized carbons (Fsp3) is 0.680. The highest BCUT2D eigenvalue weighted by molar-refractivity contribution is 9.10. The summed E-state index contributed by atoms with van der Waals surface area (Å²) in [5.74, 6) is -2.80. The second kappa shape index (κ2) is 16.2. The van der Waals surface area contributed by atoms with Gasteiger partial charge in [0, 0.05) is 4.47 Å². The molecule has 0 spiro atoms. The molecule has 2 heterocycles. The van der Waals surface area contributed by atoms with Gasteiger partial charge in [0.25, 0.3) is 0 Å². The van der Waals surface area contributed by atoms with E-state index in [1.807, 2.05) is 0 Å². The van der Waals surface area contributed by atoms with E-state index in [2.05, 4.69) is 20.7 Å². The Morgan fingerprint density at radius 3 is 1.84 bits per heavy atom. The summed E-state index contributed by atoms with van der Waals surface area (Å²) in [6, 6.07) is 5.58. The minimum atomic E-state index is -2.49. The third kappa shape index (κ3) is 8.73. The fourth-order valence-electron chi connectivity index (χ4n) is 4.23. The van der Waals surface area contributed by atoms with E-state index in [9.17, 15) is 65.8 Å². The van der Waals surface area contributed by atoms with E-state index in [0.29, 0.717) is 4.47 Å². The lowest BCUT2D eigenvalue weighted by atomic mass is 9.98. The Hall–Kier alpha value is -1.76. The molecule has 3 rings (SSSR count). The number of hydrogen-bond acceptors (Lipinski definition) is 18. The maximum Gasteiger partial charge on any atom is 0.345 e. The van der Waals surface area contributed by atoms with Crippen LogP contribution in [0.3, 0.4) is 0 Å². The minimum absolute atomic E-state index is 0.0625. The third-order valence-corrected chi connectivity index (χ3v) is 7.48. The molecule has 18 nitrogen and oxygen atoms in total. The van der Waals surface area contributed by atoms with Crippen molar-refractivity contribution < 1.29 is 89.4 Å². The molecule has 2 saturated heterocycles. The molecular weight excluding hydrogens is 668 g/mol. The first-order valence-electron chi connectivity index (χ1n) is 13.1. The molecule has 0 saturated carbocycles. The van der Waals surface area contributed by atoms with Crippen LogP contribution in [0.25, 0.3) is 0 Å². The van der Waals surface area contributed by atoms with E-state index >= 15 is 0 Å². The number of aliphatic hydroxyl groups is 11. The molecule has 0 unspecified atom stereocenters. The average molecular weight is 703 g/mol. The summed E-state index contributed by atoms with van der Waals surface area (Å²) in [4.78, 5) is 24.2. The molecule has 250 valence electrons. The highest BCUT2D eigenvalue weighted by Crippen LogP contribution is 2.26. The number of rotatable bonds is 12. The molecule has 0 amide bonds. The van der Waals surface area contributed by atoms with Gasteiger partial charge in [0.05, 0.1) is 25.4 Å². The van der Waals surface area contributed by atoms with Crippen LogP contribution >= 0.6 is 15.9 Å². The van der Waals surface area contributed by atoms with Gasteiger partial charge in [0.1, 0.15) is 67.1 Å². The van der Waals surface area contributed by atoms with Crippen LogP contribution in [0.2, 0.25) is 0 Å². The fourth-order valence-corrected chi connectivity index (χ4v) is 4.49. The van der Waals surface area contributed by atoms with Gasteiger partial charge < -0.3 is 79.9 Å². The number of aliphatic hydroxyl groups excluding tert-OH is 11. The Kier molecular flexibility index (Phi) is 13.5. The molecule has 2 aliphatic heterocycles. The summed E-state index contributed by atoms with van der Waals surface area (Å²) in [6.07, 6.45) is -26.2. The molecular formula is C25H35BrO18. The van der Waals surface area contributed by atoms with E-state index < -0.39 is 118 Å². The van der Waals surface area contributed by atoms with Gasteiger partial charge >= 0.3 is 11.9 Å². The normalized spacial score (nSPS) is 35.4. The average Bonchev–Trinajstić information content (AvgIpc) is 3.01. The molecule has 44 heavy (non-hydrogen) atoms. The van der Waals surface area contributed by atoms with Crippen LogP contribution in [-0.4, -0.2) is 174 Å². The molecule has 19 heteroatoms. The van der Waals surface area contributed by atoms with Gasteiger partial charge in [-0.2, -0.15) is 0 Å². The number of halogens is 1. The molecule has 11 N–H and O–H groups in total. The zero-order valence-electron chi connectivity index (χ0n) is 22.7. The maximum atomic E-state index is 12.1. The van der Waals surface area contributed by atoms with Gasteiger partial charge in [-0.05, 0) is 24.3 Å². The van der Waals surface area contributed by atoms with Gasteiger partial charge in [-0.15, -0.1) is 0 Å². The molecule has 0 aliphatic carbocycles. The van der Waals surface area contributed by atoms with Gasteiger partial charge in [-0.25, -0.2) is 9.59 Å². The van der Waals surface area contributed by atoms with Crippen molar-refractivity contribution in [3.63, 3.8) is 0 Å². The van der Waals surface area contributed by atoms with Crippen molar-refractivity contribution in [3.05, 3.63) is 34.3 Å². The van der Waals surface area contributed by atoms with Crippen molar-refractivity contribution in [2.75, 3.05) is 19.8 Å². The zero-order chi connectivity index (χ0) is 32.9. The number of benzene rings is 1.